The summed E-state index contributed by atoms with van der Waals surface area (Å²) in [7, 11) is 0. The molecule has 5 heteroatoms. The van der Waals surface area contributed by atoms with Crippen LogP contribution in [0.15, 0.2) is 42.5 Å². The Kier molecular flexibility index (Phi) is 5.39. The Bertz CT molecular complexity index is 656. The van der Waals surface area contributed by atoms with Crippen molar-refractivity contribution in [3.05, 3.63) is 64.4 Å². The Balaban J connectivity index is 1.97. The highest BCUT2D eigenvalue weighted by molar-refractivity contribution is 6.33. The van der Waals surface area contributed by atoms with Gasteiger partial charge in [-0.3, -0.25) is 4.79 Å². The highest BCUT2D eigenvalue weighted by Crippen LogP contribution is 2.17. The molecule has 0 radical (unpaired) electrons. The number of hydrogen-bond acceptors (Lipinski definition) is 2. The number of hydrogen-bond donors (Lipinski definition) is 1. The van der Waals surface area contributed by atoms with Crippen LogP contribution < -0.4 is 10.1 Å². The van der Waals surface area contributed by atoms with Crippen molar-refractivity contribution in [2.45, 2.75) is 26.5 Å². The Hall–Kier alpha value is -2.07. The number of benzene rings is 2. The van der Waals surface area contributed by atoms with E-state index in [0.717, 1.165) is 17.4 Å². The van der Waals surface area contributed by atoms with Gasteiger partial charge in [0.25, 0.3) is 5.91 Å². The molecule has 1 N–H and O–H groups in total. The van der Waals surface area contributed by atoms with Gasteiger partial charge in [-0.15, -0.1) is 0 Å². The molecule has 0 aromatic heterocycles. The zero-order chi connectivity index (χ0) is 16.1. The van der Waals surface area contributed by atoms with E-state index in [4.69, 9.17) is 16.3 Å². The summed E-state index contributed by atoms with van der Waals surface area (Å²) in [5.74, 6) is -0.130. The minimum Gasteiger partial charge on any atom is -0.491 e. The van der Waals surface area contributed by atoms with Crippen molar-refractivity contribution in [1.29, 1.82) is 0 Å². The quantitative estimate of drug-likeness (QED) is 0.896. The van der Waals surface area contributed by atoms with Crippen molar-refractivity contribution in [2.75, 3.05) is 0 Å². The van der Waals surface area contributed by atoms with Gasteiger partial charge in [0.2, 0.25) is 0 Å². The topological polar surface area (TPSA) is 38.3 Å². The number of carbonyl (C=O) groups excluding carboxylic acids is 1. The van der Waals surface area contributed by atoms with E-state index < -0.39 is 11.7 Å². The molecule has 22 heavy (non-hydrogen) atoms. The first-order valence-corrected chi connectivity index (χ1v) is 7.32. The Morgan fingerprint density at radius 1 is 1.23 bits per heavy atom. The molecule has 2 aromatic rings. The Morgan fingerprint density at radius 3 is 2.55 bits per heavy atom. The van der Waals surface area contributed by atoms with Gasteiger partial charge in [0.05, 0.1) is 16.7 Å². The Labute approximate surface area is 134 Å². The SMILES string of the molecule is CC(C)Oc1ccc(CNC(=O)c2cc(F)ccc2Cl)cc1. The van der Waals surface area contributed by atoms with E-state index >= 15 is 0 Å². The molecular formula is C17H17ClFNO2. The summed E-state index contributed by atoms with van der Waals surface area (Å²) < 4.78 is 18.7. The van der Waals surface area contributed by atoms with E-state index in [1.165, 1.54) is 12.1 Å². The molecule has 0 bridgehead atoms. The second kappa shape index (κ2) is 7.27. The van der Waals surface area contributed by atoms with Crippen LogP contribution >= 0.6 is 11.6 Å². The van der Waals surface area contributed by atoms with E-state index in [2.05, 4.69) is 5.32 Å². The smallest absolute Gasteiger partial charge is 0.253 e. The van der Waals surface area contributed by atoms with E-state index in [9.17, 15) is 9.18 Å². The van der Waals surface area contributed by atoms with Gasteiger partial charge >= 0.3 is 0 Å². The van der Waals surface area contributed by atoms with Crippen molar-refractivity contribution < 1.29 is 13.9 Å². The van der Waals surface area contributed by atoms with E-state index in [0.29, 0.717) is 6.54 Å². The molecule has 0 unspecified atom stereocenters. The second-order valence-electron chi connectivity index (χ2n) is 5.12. The molecule has 0 atom stereocenters. The van der Waals surface area contributed by atoms with Crippen LogP contribution in [0.4, 0.5) is 4.39 Å². The molecular weight excluding hydrogens is 305 g/mol. The van der Waals surface area contributed by atoms with Gasteiger partial charge in [-0.25, -0.2) is 4.39 Å². The summed E-state index contributed by atoms with van der Waals surface area (Å²) in [5, 5.41) is 2.93. The molecule has 2 rings (SSSR count). The monoisotopic (exact) mass is 321 g/mol. The lowest BCUT2D eigenvalue weighted by molar-refractivity contribution is 0.0950. The number of amides is 1. The number of rotatable bonds is 5. The van der Waals surface area contributed by atoms with Gasteiger partial charge in [-0.1, -0.05) is 23.7 Å². The van der Waals surface area contributed by atoms with E-state index in [1.807, 2.05) is 38.1 Å². The van der Waals surface area contributed by atoms with Crippen LogP contribution in [-0.2, 0) is 6.54 Å². The van der Waals surface area contributed by atoms with Crippen molar-refractivity contribution >= 4 is 17.5 Å². The molecule has 2 aromatic carbocycles. The number of nitrogens with one attached hydrogen (secondary N) is 1. The van der Waals surface area contributed by atoms with Crippen LogP contribution in [0.25, 0.3) is 0 Å². The fourth-order valence-corrected chi connectivity index (χ4v) is 2.11. The maximum Gasteiger partial charge on any atom is 0.253 e. The van der Waals surface area contributed by atoms with E-state index in [1.54, 1.807) is 0 Å². The average molecular weight is 322 g/mol. The van der Waals surface area contributed by atoms with Crippen molar-refractivity contribution in [2.24, 2.45) is 0 Å². The highest BCUT2D eigenvalue weighted by atomic mass is 35.5. The number of carbonyl (C=O) groups is 1. The normalized spacial score (nSPS) is 10.6. The molecule has 3 nitrogen and oxygen atoms in total. The first-order valence-electron chi connectivity index (χ1n) is 6.94. The first-order chi connectivity index (χ1) is 10.5. The standard InChI is InChI=1S/C17H17ClFNO2/c1-11(2)22-14-6-3-12(4-7-14)10-20-17(21)15-9-13(19)5-8-16(15)18/h3-9,11H,10H2,1-2H3,(H,20,21). The van der Waals surface area contributed by atoms with E-state index in [-0.39, 0.29) is 16.7 Å². The molecule has 0 spiro atoms. The van der Waals surface area contributed by atoms with Gasteiger partial charge in [0.15, 0.2) is 0 Å². The predicted molar refractivity (Wildman–Crippen MR) is 84.8 cm³/mol. The molecule has 0 saturated carbocycles. The highest BCUT2D eigenvalue weighted by Gasteiger charge is 2.11. The molecule has 1 amide bonds. The lowest BCUT2D eigenvalue weighted by Gasteiger charge is -2.11. The molecule has 0 heterocycles. The summed E-state index contributed by atoms with van der Waals surface area (Å²) in [4.78, 5) is 12.0. The maximum atomic E-state index is 13.2. The molecule has 0 aliphatic heterocycles. The van der Waals surface area contributed by atoms with Gasteiger partial charge in [-0.2, -0.15) is 0 Å². The summed E-state index contributed by atoms with van der Waals surface area (Å²) in [6.45, 7) is 4.24. The molecule has 0 aliphatic carbocycles. The third-order valence-corrected chi connectivity index (χ3v) is 3.25. The van der Waals surface area contributed by atoms with Crippen LogP contribution in [0.1, 0.15) is 29.8 Å². The van der Waals surface area contributed by atoms with Crippen LogP contribution in [0, 0.1) is 5.82 Å². The van der Waals surface area contributed by atoms with Gasteiger partial charge < -0.3 is 10.1 Å². The maximum absolute atomic E-state index is 13.2. The average Bonchev–Trinajstić information content (AvgIpc) is 2.48. The fraction of sp³-hybridized carbons (Fsp3) is 0.235. The summed E-state index contributed by atoms with van der Waals surface area (Å²) in [5.41, 5.74) is 1.04. The van der Waals surface area contributed by atoms with Gasteiger partial charge in [0, 0.05) is 6.54 Å². The second-order valence-corrected chi connectivity index (χ2v) is 5.52. The molecule has 0 fully saturated rings. The zero-order valence-corrected chi connectivity index (χ0v) is 13.2. The largest absolute Gasteiger partial charge is 0.491 e. The Morgan fingerprint density at radius 2 is 1.91 bits per heavy atom. The minimum absolute atomic E-state index is 0.112. The summed E-state index contributed by atoms with van der Waals surface area (Å²) >= 11 is 5.90. The number of halogens is 2. The molecule has 0 aliphatic rings. The zero-order valence-electron chi connectivity index (χ0n) is 12.4. The van der Waals surface area contributed by atoms with Crippen LogP contribution in [0.5, 0.6) is 5.75 Å². The molecule has 0 saturated heterocycles. The van der Waals surface area contributed by atoms with Crippen LogP contribution in [0.3, 0.4) is 0 Å². The van der Waals surface area contributed by atoms with Gasteiger partial charge in [0.1, 0.15) is 11.6 Å². The minimum atomic E-state index is -0.496. The van der Waals surface area contributed by atoms with Crippen LogP contribution in [0.2, 0.25) is 5.02 Å². The number of ether oxygens (including phenoxy) is 1. The predicted octanol–water partition coefficient (Wildman–Crippen LogP) is 4.20. The van der Waals surface area contributed by atoms with Crippen molar-refractivity contribution in [1.82, 2.24) is 5.32 Å². The third kappa shape index (κ3) is 4.46. The lowest BCUT2D eigenvalue weighted by atomic mass is 10.2. The van der Waals surface area contributed by atoms with Crippen LogP contribution in [-0.4, -0.2) is 12.0 Å². The first kappa shape index (κ1) is 16.3. The van der Waals surface area contributed by atoms with Crippen molar-refractivity contribution in [3.8, 4) is 5.75 Å². The summed E-state index contributed by atoms with van der Waals surface area (Å²) in [6, 6.07) is 11.1. The summed E-state index contributed by atoms with van der Waals surface area (Å²) in [6.07, 6.45) is 0.112. The molecule has 116 valence electrons. The van der Waals surface area contributed by atoms with Gasteiger partial charge in [-0.05, 0) is 49.7 Å². The fourth-order valence-electron chi connectivity index (χ4n) is 1.91. The third-order valence-electron chi connectivity index (χ3n) is 2.92. The lowest BCUT2D eigenvalue weighted by Crippen LogP contribution is -2.23. The van der Waals surface area contributed by atoms with Crippen molar-refractivity contribution in [3.63, 3.8) is 0 Å².